The van der Waals surface area contributed by atoms with Gasteiger partial charge >= 0.3 is 5.97 Å². The molecule has 3 N–H and O–H groups in total. The van der Waals surface area contributed by atoms with Gasteiger partial charge in [-0.05, 0) is 19.4 Å². The predicted molar refractivity (Wildman–Crippen MR) is 90.1 cm³/mol. The molecule has 0 aromatic heterocycles. The Morgan fingerprint density at radius 2 is 1.88 bits per heavy atom. The van der Waals surface area contributed by atoms with E-state index in [0.717, 1.165) is 18.9 Å². The van der Waals surface area contributed by atoms with E-state index in [-0.39, 0.29) is 23.1 Å². The van der Waals surface area contributed by atoms with E-state index in [2.05, 4.69) is 5.32 Å². The number of fused-ring (bicyclic) bond motifs is 1. The first-order valence-electron chi connectivity index (χ1n) is 7.84. The number of nitrogens with one attached hydrogen (secondary N) is 1. The summed E-state index contributed by atoms with van der Waals surface area (Å²) in [5, 5.41) is 23.7. The molecule has 2 aromatic rings. The number of ether oxygens (including phenoxy) is 1. The number of hydrogen-bond acceptors (Lipinski definition) is 5. The zero-order valence-corrected chi connectivity index (χ0v) is 13.7. The average Bonchev–Trinajstić information content (AvgIpc) is 2.56. The normalized spacial score (nSPS) is 11.9. The van der Waals surface area contributed by atoms with Crippen LogP contribution in [0.1, 0.15) is 37.0 Å². The molecule has 24 heavy (non-hydrogen) atoms. The highest BCUT2D eigenvalue weighted by Crippen LogP contribution is 2.35. The van der Waals surface area contributed by atoms with Crippen molar-refractivity contribution in [3.05, 3.63) is 35.9 Å². The summed E-state index contributed by atoms with van der Waals surface area (Å²) in [4.78, 5) is 23.8. The lowest BCUT2D eigenvalue weighted by atomic mass is 10.0. The van der Waals surface area contributed by atoms with Gasteiger partial charge in [0.25, 0.3) is 5.91 Å². The predicted octanol–water partition coefficient (Wildman–Crippen LogP) is 2.71. The van der Waals surface area contributed by atoms with Crippen molar-refractivity contribution in [3.63, 3.8) is 0 Å². The Labute approximate surface area is 140 Å². The Morgan fingerprint density at radius 3 is 2.54 bits per heavy atom. The van der Waals surface area contributed by atoms with E-state index in [1.165, 1.54) is 0 Å². The molecule has 0 aliphatic carbocycles. The van der Waals surface area contributed by atoms with Crippen LogP contribution < -0.4 is 5.32 Å². The maximum absolute atomic E-state index is 12.1. The third kappa shape index (κ3) is 3.95. The fraction of sp³-hybridized carbons (Fsp3) is 0.333. The standard InChI is InChI=1S/C18H21NO5/c1-3-6-11(2)19-16(21)10-24-18(23)14-9-15(20)12-7-4-5-8-13(12)17(14)22/h4-5,7-9,11,20,22H,3,6,10H2,1-2H3,(H,19,21)/t11-/m0/s1. The molecular weight excluding hydrogens is 310 g/mol. The highest BCUT2D eigenvalue weighted by atomic mass is 16.5. The molecular formula is C18H21NO5. The van der Waals surface area contributed by atoms with Crippen LogP contribution in [0.5, 0.6) is 11.5 Å². The monoisotopic (exact) mass is 331 g/mol. The number of hydrogen-bond donors (Lipinski definition) is 3. The molecule has 6 heteroatoms. The molecule has 0 heterocycles. The van der Waals surface area contributed by atoms with E-state index in [9.17, 15) is 19.8 Å². The van der Waals surface area contributed by atoms with Crippen molar-refractivity contribution < 1.29 is 24.5 Å². The zero-order valence-electron chi connectivity index (χ0n) is 13.7. The average molecular weight is 331 g/mol. The van der Waals surface area contributed by atoms with Crippen LogP contribution in [-0.2, 0) is 9.53 Å². The second kappa shape index (κ2) is 7.68. The number of rotatable bonds is 6. The first-order chi connectivity index (χ1) is 11.4. The van der Waals surface area contributed by atoms with Crippen LogP contribution >= 0.6 is 0 Å². The molecule has 128 valence electrons. The molecule has 0 saturated heterocycles. The third-order valence-corrected chi connectivity index (χ3v) is 3.68. The third-order valence-electron chi connectivity index (χ3n) is 3.68. The van der Waals surface area contributed by atoms with Crippen molar-refractivity contribution in [1.29, 1.82) is 0 Å². The quantitative estimate of drug-likeness (QED) is 0.559. The Hall–Kier alpha value is -2.76. The van der Waals surface area contributed by atoms with Gasteiger partial charge in [0.05, 0.1) is 0 Å². The van der Waals surface area contributed by atoms with Crippen LogP contribution in [-0.4, -0.2) is 34.7 Å². The van der Waals surface area contributed by atoms with Crippen LogP contribution in [0.4, 0.5) is 0 Å². The Kier molecular flexibility index (Phi) is 5.63. The first-order valence-corrected chi connectivity index (χ1v) is 7.84. The van der Waals surface area contributed by atoms with Crippen LogP contribution in [0.2, 0.25) is 0 Å². The van der Waals surface area contributed by atoms with E-state index in [1.807, 2.05) is 13.8 Å². The van der Waals surface area contributed by atoms with Gasteiger partial charge in [-0.25, -0.2) is 4.79 Å². The summed E-state index contributed by atoms with van der Waals surface area (Å²) in [5.74, 6) is -1.70. The summed E-state index contributed by atoms with van der Waals surface area (Å²) in [6.07, 6.45) is 1.77. The number of esters is 1. The lowest BCUT2D eigenvalue weighted by Crippen LogP contribution is -2.35. The van der Waals surface area contributed by atoms with Gasteiger partial charge in [0, 0.05) is 16.8 Å². The van der Waals surface area contributed by atoms with Gasteiger partial charge in [-0.1, -0.05) is 37.6 Å². The summed E-state index contributed by atoms with van der Waals surface area (Å²) in [7, 11) is 0. The van der Waals surface area contributed by atoms with E-state index in [1.54, 1.807) is 24.3 Å². The maximum atomic E-state index is 12.1. The molecule has 2 rings (SSSR count). The van der Waals surface area contributed by atoms with Crippen LogP contribution in [0.25, 0.3) is 10.8 Å². The second-order valence-corrected chi connectivity index (χ2v) is 5.67. The summed E-state index contributed by atoms with van der Waals surface area (Å²) in [6, 6.07) is 7.74. The van der Waals surface area contributed by atoms with Gasteiger partial charge in [-0.15, -0.1) is 0 Å². The number of amides is 1. The number of carbonyl (C=O) groups is 2. The van der Waals surface area contributed by atoms with Crippen molar-refractivity contribution in [2.75, 3.05) is 6.61 Å². The fourth-order valence-corrected chi connectivity index (χ4v) is 2.53. The minimum Gasteiger partial charge on any atom is -0.507 e. The zero-order chi connectivity index (χ0) is 17.7. The fourth-order valence-electron chi connectivity index (χ4n) is 2.53. The highest BCUT2D eigenvalue weighted by Gasteiger charge is 2.19. The Morgan fingerprint density at radius 1 is 1.21 bits per heavy atom. The largest absolute Gasteiger partial charge is 0.507 e. The molecule has 1 atom stereocenters. The molecule has 0 saturated carbocycles. The van der Waals surface area contributed by atoms with Gasteiger partial charge in [-0.3, -0.25) is 4.79 Å². The number of phenols is 2. The first kappa shape index (κ1) is 17.6. The molecule has 0 spiro atoms. The lowest BCUT2D eigenvalue weighted by Gasteiger charge is -2.13. The lowest BCUT2D eigenvalue weighted by molar-refractivity contribution is -0.124. The van der Waals surface area contributed by atoms with Crippen molar-refractivity contribution in [2.24, 2.45) is 0 Å². The number of phenolic OH excluding ortho intramolecular Hbond substituents is 2. The van der Waals surface area contributed by atoms with E-state index < -0.39 is 18.5 Å². The summed E-state index contributed by atoms with van der Waals surface area (Å²) in [6.45, 7) is 3.44. The molecule has 0 fully saturated rings. The van der Waals surface area contributed by atoms with E-state index in [4.69, 9.17) is 4.74 Å². The molecule has 0 bridgehead atoms. The van der Waals surface area contributed by atoms with Gasteiger partial charge in [0.1, 0.15) is 17.1 Å². The van der Waals surface area contributed by atoms with Gasteiger partial charge < -0.3 is 20.3 Å². The topological polar surface area (TPSA) is 95.9 Å². The van der Waals surface area contributed by atoms with Crippen LogP contribution in [0.3, 0.4) is 0 Å². The van der Waals surface area contributed by atoms with Crippen molar-refractivity contribution in [1.82, 2.24) is 5.32 Å². The molecule has 1 amide bonds. The summed E-state index contributed by atoms with van der Waals surface area (Å²) in [5.41, 5.74) is -0.180. The Balaban J connectivity index is 2.09. The van der Waals surface area contributed by atoms with Crippen molar-refractivity contribution in [2.45, 2.75) is 32.7 Å². The molecule has 2 aromatic carbocycles. The number of carbonyl (C=O) groups excluding carboxylic acids is 2. The van der Waals surface area contributed by atoms with Gasteiger partial charge in [-0.2, -0.15) is 0 Å². The molecule has 0 unspecified atom stereocenters. The maximum Gasteiger partial charge on any atom is 0.342 e. The minimum absolute atomic E-state index is 0.000631. The highest BCUT2D eigenvalue weighted by molar-refractivity contribution is 6.04. The molecule has 0 radical (unpaired) electrons. The van der Waals surface area contributed by atoms with Crippen molar-refractivity contribution >= 4 is 22.6 Å². The number of aromatic hydroxyl groups is 2. The second-order valence-electron chi connectivity index (χ2n) is 5.67. The van der Waals surface area contributed by atoms with E-state index in [0.29, 0.717) is 10.8 Å². The van der Waals surface area contributed by atoms with Crippen molar-refractivity contribution in [3.8, 4) is 11.5 Å². The van der Waals surface area contributed by atoms with Crippen LogP contribution in [0.15, 0.2) is 30.3 Å². The molecule has 0 aliphatic heterocycles. The minimum atomic E-state index is -0.869. The molecule has 0 aliphatic rings. The smallest absolute Gasteiger partial charge is 0.342 e. The number of benzene rings is 2. The molecule has 6 nitrogen and oxygen atoms in total. The van der Waals surface area contributed by atoms with Gasteiger partial charge in [0.2, 0.25) is 0 Å². The summed E-state index contributed by atoms with van der Waals surface area (Å²) >= 11 is 0. The van der Waals surface area contributed by atoms with Crippen LogP contribution in [0, 0.1) is 0 Å². The SMILES string of the molecule is CCC[C@H](C)NC(=O)COC(=O)c1cc(O)c2ccccc2c1O. The van der Waals surface area contributed by atoms with E-state index >= 15 is 0 Å². The summed E-state index contributed by atoms with van der Waals surface area (Å²) < 4.78 is 4.93. The Bertz CT molecular complexity index is 756. The van der Waals surface area contributed by atoms with Gasteiger partial charge in [0.15, 0.2) is 6.61 Å².